The Kier molecular flexibility index (Phi) is 5.05. The Morgan fingerprint density at radius 1 is 1.50 bits per heavy atom. The highest BCUT2D eigenvalue weighted by atomic mass is 19.1. The van der Waals surface area contributed by atoms with Gasteiger partial charge in [-0.05, 0) is 12.1 Å². The molecule has 4 heterocycles. The molecule has 2 N–H and O–H groups in total. The van der Waals surface area contributed by atoms with Gasteiger partial charge in [-0.2, -0.15) is 5.26 Å². The van der Waals surface area contributed by atoms with Crippen LogP contribution in [0.4, 0.5) is 26.5 Å². The van der Waals surface area contributed by atoms with Crippen molar-refractivity contribution in [1.82, 2.24) is 9.97 Å². The minimum Gasteiger partial charge on any atom is -0.383 e. The number of hydrogen-bond donors (Lipinski definition) is 2. The third kappa shape index (κ3) is 3.33. The van der Waals surface area contributed by atoms with Gasteiger partial charge in [0.15, 0.2) is 6.29 Å². The van der Waals surface area contributed by atoms with E-state index in [1.54, 1.807) is 13.2 Å². The minimum atomic E-state index is -1.52. The predicted molar refractivity (Wildman–Crippen MR) is 106 cm³/mol. The summed E-state index contributed by atoms with van der Waals surface area (Å²) in [4.78, 5) is 33.8. The lowest BCUT2D eigenvalue weighted by molar-refractivity contribution is 0.0284. The van der Waals surface area contributed by atoms with E-state index in [1.807, 2.05) is 6.07 Å². The molecule has 0 radical (unpaired) electrons. The first kappa shape index (κ1) is 19.7. The van der Waals surface area contributed by atoms with Gasteiger partial charge >= 0.3 is 6.03 Å². The predicted octanol–water partition coefficient (Wildman–Crippen LogP) is 2.60. The van der Waals surface area contributed by atoms with Crippen molar-refractivity contribution in [2.45, 2.75) is 24.6 Å². The van der Waals surface area contributed by atoms with E-state index >= 15 is 0 Å². The second-order valence-electron chi connectivity index (χ2n) is 7.20. The van der Waals surface area contributed by atoms with Gasteiger partial charge in [0.05, 0.1) is 17.9 Å². The highest BCUT2D eigenvalue weighted by Gasteiger charge is 2.57. The molecule has 2 amide bonds. The standard InChI is InChI=1S/C20H19FN6O3/c1-30-5-4-23-16-6-17(24-10-12(16)9-22)26-19(29)27-14-7-20(21,8-14)15-3-2-13(11-28)25-18(15)27/h2-3,6,10-11,14H,4-5,7-8H2,1H3,(H2,23,24,26,29). The molecule has 154 valence electrons. The molecule has 0 unspecified atom stereocenters. The second-order valence-corrected chi connectivity index (χ2v) is 7.20. The third-order valence-corrected chi connectivity index (χ3v) is 5.31. The molecule has 0 aromatic carbocycles. The van der Waals surface area contributed by atoms with Gasteiger partial charge in [0.1, 0.15) is 29.1 Å². The molecule has 1 aliphatic carbocycles. The van der Waals surface area contributed by atoms with Gasteiger partial charge in [-0.1, -0.05) is 0 Å². The van der Waals surface area contributed by atoms with Gasteiger partial charge in [-0.3, -0.25) is 15.0 Å². The maximum Gasteiger partial charge on any atom is 0.328 e. The van der Waals surface area contributed by atoms with E-state index in [0.717, 1.165) is 0 Å². The molecule has 2 aromatic rings. The van der Waals surface area contributed by atoms with Crippen molar-refractivity contribution < 1.29 is 18.7 Å². The third-order valence-electron chi connectivity index (χ3n) is 5.31. The number of nitrogens with zero attached hydrogens (tertiary/aromatic N) is 4. The maximum absolute atomic E-state index is 15.0. The summed E-state index contributed by atoms with van der Waals surface area (Å²) < 4.78 is 20.0. The van der Waals surface area contributed by atoms with Crippen LogP contribution in [0.5, 0.6) is 0 Å². The second kappa shape index (κ2) is 7.68. The zero-order valence-corrected chi connectivity index (χ0v) is 16.2. The quantitative estimate of drug-likeness (QED) is 0.555. The number of nitrogens with one attached hydrogen (secondary N) is 2. The van der Waals surface area contributed by atoms with Crippen molar-refractivity contribution in [2.24, 2.45) is 0 Å². The Bertz CT molecular complexity index is 1050. The first-order chi connectivity index (χ1) is 14.5. The molecule has 0 saturated heterocycles. The molecule has 0 atom stereocenters. The van der Waals surface area contributed by atoms with E-state index in [2.05, 4.69) is 20.6 Å². The first-order valence-corrected chi connectivity index (χ1v) is 9.38. The van der Waals surface area contributed by atoms with Gasteiger partial charge in [-0.15, -0.1) is 0 Å². The Hall–Kier alpha value is -3.58. The van der Waals surface area contributed by atoms with Crippen LogP contribution in [0.25, 0.3) is 0 Å². The molecule has 1 saturated carbocycles. The first-order valence-electron chi connectivity index (χ1n) is 9.38. The average Bonchev–Trinajstić information content (AvgIpc) is 2.73. The summed E-state index contributed by atoms with van der Waals surface area (Å²) in [6.45, 7) is 0.915. The molecule has 2 aromatic heterocycles. The van der Waals surface area contributed by atoms with Crippen molar-refractivity contribution in [3.63, 3.8) is 0 Å². The number of urea groups is 1. The van der Waals surface area contributed by atoms with Crippen LogP contribution < -0.4 is 15.5 Å². The van der Waals surface area contributed by atoms with Crippen molar-refractivity contribution in [3.05, 3.63) is 41.2 Å². The summed E-state index contributed by atoms with van der Waals surface area (Å²) in [6, 6.07) is 5.66. The van der Waals surface area contributed by atoms with Crippen LogP contribution in [0.3, 0.4) is 0 Å². The summed E-state index contributed by atoms with van der Waals surface area (Å²) >= 11 is 0. The van der Waals surface area contributed by atoms with E-state index in [-0.39, 0.29) is 36.2 Å². The van der Waals surface area contributed by atoms with Crippen molar-refractivity contribution in [2.75, 3.05) is 35.8 Å². The van der Waals surface area contributed by atoms with Crippen LogP contribution >= 0.6 is 0 Å². The number of pyridine rings is 2. The molecule has 9 nitrogen and oxygen atoms in total. The molecule has 3 aliphatic rings. The summed E-state index contributed by atoms with van der Waals surface area (Å²) in [5.74, 6) is 0.373. The number of halogens is 1. The maximum atomic E-state index is 15.0. The number of rotatable bonds is 6. The number of amides is 2. The Morgan fingerprint density at radius 2 is 2.30 bits per heavy atom. The summed E-state index contributed by atoms with van der Waals surface area (Å²) in [5, 5.41) is 15.0. The van der Waals surface area contributed by atoms with E-state index in [1.165, 1.54) is 23.2 Å². The molecular weight excluding hydrogens is 391 g/mol. The number of hydrogen-bond acceptors (Lipinski definition) is 7. The molecule has 10 heteroatoms. The zero-order chi connectivity index (χ0) is 21.3. The van der Waals surface area contributed by atoms with Crippen LogP contribution in [-0.4, -0.2) is 48.6 Å². The number of carbonyl (C=O) groups excluding carboxylic acids is 2. The van der Waals surface area contributed by atoms with Crippen molar-refractivity contribution in [1.29, 1.82) is 5.26 Å². The molecule has 5 rings (SSSR count). The molecule has 2 aliphatic heterocycles. The Labute approximate surface area is 171 Å². The van der Waals surface area contributed by atoms with Crippen LogP contribution in [-0.2, 0) is 10.4 Å². The fraction of sp³-hybridized carbons (Fsp3) is 0.350. The number of aromatic nitrogens is 2. The van der Waals surface area contributed by atoms with Gasteiger partial charge in [0.25, 0.3) is 0 Å². The summed E-state index contributed by atoms with van der Waals surface area (Å²) in [7, 11) is 1.57. The monoisotopic (exact) mass is 410 g/mol. The SMILES string of the molecule is COCCNc1cc(NC(=O)N2c3nc(C=O)ccc3C3(F)CC2C3)ncc1C#N. The van der Waals surface area contributed by atoms with Crippen LogP contribution in [0, 0.1) is 11.3 Å². The normalized spacial score (nSPS) is 21.1. The number of methoxy groups -OCH3 is 1. The summed E-state index contributed by atoms with van der Waals surface area (Å²) in [5.41, 5.74) is -0.258. The molecular formula is C20H19FN6O3. The lowest BCUT2D eigenvalue weighted by Gasteiger charge is -2.52. The number of aldehydes is 1. The average molecular weight is 410 g/mol. The largest absolute Gasteiger partial charge is 0.383 e. The topological polar surface area (TPSA) is 120 Å². The number of carbonyl (C=O) groups is 2. The van der Waals surface area contributed by atoms with E-state index < -0.39 is 11.7 Å². The zero-order valence-electron chi connectivity index (χ0n) is 16.2. The minimum absolute atomic E-state index is 0.123. The van der Waals surface area contributed by atoms with Crippen LogP contribution in [0.2, 0.25) is 0 Å². The number of nitriles is 1. The smallest absolute Gasteiger partial charge is 0.328 e. The molecule has 30 heavy (non-hydrogen) atoms. The molecule has 1 fully saturated rings. The molecule has 0 spiro atoms. The van der Waals surface area contributed by atoms with E-state index in [4.69, 9.17) is 4.74 Å². The van der Waals surface area contributed by atoms with Gasteiger partial charge in [-0.25, -0.2) is 19.2 Å². The Morgan fingerprint density at radius 3 is 3.00 bits per heavy atom. The van der Waals surface area contributed by atoms with E-state index in [0.29, 0.717) is 36.3 Å². The van der Waals surface area contributed by atoms with Crippen molar-refractivity contribution >= 4 is 29.6 Å². The van der Waals surface area contributed by atoms with Gasteiger partial charge < -0.3 is 10.1 Å². The van der Waals surface area contributed by atoms with Gasteiger partial charge in [0, 0.05) is 50.4 Å². The number of ether oxygens (including phenoxy) is 1. The van der Waals surface area contributed by atoms with Crippen molar-refractivity contribution in [3.8, 4) is 6.07 Å². The van der Waals surface area contributed by atoms with Gasteiger partial charge in [0.2, 0.25) is 0 Å². The highest BCUT2D eigenvalue weighted by Crippen LogP contribution is 2.55. The number of alkyl halides is 1. The summed E-state index contributed by atoms with van der Waals surface area (Å²) in [6.07, 6.45) is 2.27. The Balaban J connectivity index is 1.59. The lowest BCUT2D eigenvalue weighted by atomic mass is 9.69. The highest BCUT2D eigenvalue weighted by molar-refractivity contribution is 6.03. The number of anilines is 3. The van der Waals surface area contributed by atoms with Crippen LogP contribution in [0.1, 0.15) is 34.5 Å². The molecule has 2 bridgehead atoms. The fourth-order valence-corrected chi connectivity index (χ4v) is 3.80. The fourth-order valence-electron chi connectivity index (χ4n) is 3.80. The van der Waals surface area contributed by atoms with Crippen LogP contribution in [0.15, 0.2) is 24.4 Å². The lowest BCUT2D eigenvalue weighted by Crippen LogP contribution is -2.60. The van der Waals surface area contributed by atoms with E-state index in [9.17, 15) is 19.2 Å².